The summed E-state index contributed by atoms with van der Waals surface area (Å²) in [4.78, 5) is 16.8. The molecule has 1 aliphatic heterocycles. The lowest BCUT2D eigenvalue weighted by Crippen LogP contribution is -2.46. The number of piperidine rings is 1. The van der Waals surface area contributed by atoms with Gasteiger partial charge in [-0.3, -0.25) is 4.79 Å². The van der Waals surface area contributed by atoms with Crippen LogP contribution in [0.5, 0.6) is 0 Å². The Morgan fingerprint density at radius 1 is 1.35 bits per heavy atom. The summed E-state index contributed by atoms with van der Waals surface area (Å²) in [6.07, 6.45) is 3.87. The fourth-order valence-corrected chi connectivity index (χ4v) is 3.15. The first-order valence-corrected chi connectivity index (χ1v) is 8.15. The van der Waals surface area contributed by atoms with E-state index < -0.39 is 0 Å². The summed E-state index contributed by atoms with van der Waals surface area (Å²) in [6.45, 7) is 10.6. The number of hydrogen-bond donors (Lipinski definition) is 1. The third-order valence-electron chi connectivity index (χ3n) is 4.55. The number of amides is 1. The van der Waals surface area contributed by atoms with Gasteiger partial charge in [0.1, 0.15) is 0 Å². The van der Waals surface area contributed by atoms with Crippen LogP contribution in [0.2, 0.25) is 0 Å². The van der Waals surface area contributed by atoms with Crippen molar-refractivity contribution in [3.8, 4) is 0 Å². The standard InChI is InChI=1S/C16H33N3O/c1-5-19-8-6-15(7-9-19)18(4)16(20)11-14(12-17)10-13(2)3/h13-15H,5-12,17H2,1-4H3. The molecule has 0 spiro atoms. The number of likely N-dealkylation sites (tertiary alicyclic amines) is 1. The van der Waals surface area contributed by atoms with Gasteiger partial charge in [0.25, 0.3) is 0 Å². The van der Waals surface area contributed by atoms with Crippen LogP contribution >= 0.6 is 0 Å². The first-order valence-electron chi connectivity index (χ1n) is 8.15. The quantitative estimate of drug-likeness (QED) is 0.777. The van der Waals surface area contributed by atoms with Crippen molar-refractivity contribution in [3.63, 3.8) is 0 Å². The number of carbonyl (C=O) groups is 1. The molecule has 0 saturated carbocycles. The van der Waals surface area contributed by atoms with E-state index in [0.717, 1.165) is 38.9 Å². The van der Waals surface area contributed by atoms with Crippen LogP contribution in [-0.4, -0.2) is 55.0 Å². The van der Waals surface area contributed by atoms with E-state index in [-0.39, 0.29) is 5.91 Å². The van der Waals surface area contributed by atoms with Gasteiger partial charge in [0, 0.05) is 32.6 Å². The Morgan fingerprint density at radius 3 is 2.40 bits per heavy atom. The van der Waals surface area contributed by atoms with Gasteiger partial charge < -0.3 is 15.5 Å². The highest BCUT2D eigenvalue weighted by Gasteiger charge is 2.26. The lowest BCUT2D eigenvalue weighted by molar-refractivity contribution is -0.133. The minimum absolute atomic E-state index is 0.274. The minimum atomic E-state index is 0.274. The van der Waals surface area contributed by atoms with Crippen molar-refractivity contribution in [2.45, 2.75) is 52.5 Å². The van der Waals surface area contributed by atoms with E-state index in [2.05, 4.69) is 25.7 Å². The van der Waals surface area contributed by atoms with Crippen molar-refractivity contribution in [1.29, 1.82) is 0 Å². The van der Waals surface area contributed by atoms with Gasteiger partial charge in [-0.05, 0) is 44.2 Å². The molecule has 1 atom stereocenters. The summed E-state index contributed by atoms with van der Waals surface area (Å²) in [5.41, 5.74) is 5.81. The molecule has 118 valence electrons. The lowest BCUT2D eigenvalue weighted by atomic mass is 9.93. The van der Waals surface area contributed by atoms with Crippen molar-refractivity contribution in [2.75, 3.05) is 33.2 Å². The number of nitrogens with two attached hydrogens (primary N) is 1. The highest BCUT2D eigenvalue weighted by Crippen LogP contribution is 2.19. The van der Waals surface area contributed by atoms with Gasteiger partial charge in [0.2, 0.25) is 5.91 Å². The number of rotatable bonds is 7. The van der Waals surface area contributed by atoms with Gasteiger partial charge in [-0.1, -0.05) is 20.8 Å². The molecule has 1 heterocycles. The third kappa shape index (κ3) is 5.41. The Kier molecular flexibility index (Phi) is 7.52. The summed E-state index contributed by atoms with van der Waals surface area (Å²) in [5.74, 6) is 1.21. The zero-order valence-electron chi connectivity index (χ0n) is 13.8. The minimum Gasteiger partial charge on any atom is -0.343 e. The zero-order chi connectivity index (χ0) is 15.1. The van der Waals surface area contributed by atoms with Crippen LogP contribution in [-0.2, 0) is 4.79 Å². The summed E-state index contributed by atoms with van der Waals surface area (Å²) >= 11 is 0. The summed E-state index contributed by atoms with van der Waals surface area (Å²) in [6, 6.07) is 0.419. The van der Waals surface area contributed by atoms with Crippen LogP contribution in [0.25, 0.3) is 0 Å². The van der Waals surface area contributed by atoms with E-state index in [1.165, 1.54) is 0 Å². The molecule has 0 aliphatic carbocycles. The number of hydrogen-bond acceptors (Lipinski definition) is 3. The lowest BCUT2D eigenvalue weighted by Gasteiger charge is -2.36. The largest absolute Gasteiger partial charge is 0.343 e. The second-order valence-corrected chi connectivity index (χ2v) is 6.61. The van der Waals surface area contributed by atoms with Gasteiger partial charge in [-0.25, -0.2) is 0 Å². The second kappa shape index (κ2) is 8.63. The van der Waals surface area contributed by atoms with Crippen molar-refractivity contribution in [1.82, 2.24) is 9.80 Å². The highest BCUT2D eigenvalue weighted by atomic mass is 16.2. The van der Waals surface area contributed by atoms with Crippen LogP contribution < -0.4 is 5.73 Å². The molecule has 20 heavy (non-hydrogen) atoms. The van der Waals surface area contributed by atoms with E-state index >= 15 is 0 Å². The molecule has 1 rings (SSSR count). The molecule has 1 amide bonds. The topological polar surface area (TPSA) is 49.6 Å². The van der Waals surface area contributed by atoms with Gasteiger partial charge in [0.05, 0.1) is 0 Å². The maximum Gasteiger partial charge on any atom is 0.222 e. The Labute approximate surface area is 124 Å². The maximum absolute atomic E-state index is 12.4. The van der Waals surface area contributed by atoms with Gasteiger partial charge in [-0.15, -0.1) is 0 Å². The smallest absolute Gasteiger partial charge is 0.222 e. The van der Waals surface area contributed by atoms with Gasteiger partial charge in [0.15, 0.2) is 0 Å². The Hall–Kier alpha value is -0.610. The Bertz CT molecular complexity index is 285. The molecule has 0 bridgehead atoms. The number of carbonyl (C=O) groups excluding carboxylic acids is 1. The first-order chi connectivity index (χ1) is 9.47. The molecule has 0 aromatic rings. The molecule has 1 fully saturated rings. The van der Waals surface area contributed by atoms with E-state index in [9.17, 15) is 4.79 Å². The SMILES string of the molecule is CCN1CCC(N(C)C(=O)CC(CN)CC(C)C)CC1. The summed E-state index contributed by atoms with van der Waals surface area (Å²) in [5, 5.41) is 0. The van der Waals surface area contributed by atoms with Crippen molar-refractivity contribution in [2.24, 2.45) is 17.6 Å². The summed E-state index contributed by atoms with van der Waals surface area (Å²) < 4.78 is 0. The van der Waals surface area contributed by atoms with Crippen LogP contribution in [0, 0.1) is 11.8 Å². The molecule has 0 aromatic carbocycles. The molecule has 1 saturated heterocycles. The van der Waals surface area contributed by atoms with E-state index in [1.54, 1.807) is 0 Å². The molecule has 1 aliphatic rings. The van der Waals surface area contributed by atoms with E-state index in [1.807, 2.05) is 11.9 Å². The van der Waals surface area contributed by atoms with E-state index in [0.29, 0.717) is 30.8 Å². The molecule has 4 nitrogen and oxygen atoms in total. The van der Waals surface area contributed by atoms with E-state index in [4.69, 9.17) is 5.73 Å². The van der Waals surface area contributed by atoms with Crippen molar-refractivity contribution in [3.05, 3.63) is 0 Å². The van der Waals surface area contributed by atoms with Crippen LogP contribution in [0.4, 0.5) is 0 Å². The Morgan fingerprint density at radius 2 is 1.95 bits per heavy atom. The van der Waals surface area contributed by atoms with Crippen molar-refractivity contribution >= 4 is 5.91 Å². The van der Waals surface area contributed by atoms with Crippen molar-refractivity contribution < 1.29 is 4.79 Å². The predicted molar refractivity (Wildman–Crippen MR) is 84.5 cm³/mol. The average molecular weight is 283 g/mol. The molecule has 0 aromatic heterocycles. The molecule has 1 unspecified atom stereocenters. The Balaban J connectivity index is 2.42. The molecular formula is C16H33N3O. The molecule has 4 heteroatoms. The predicted octanol–water partition coefficient (Wildman–Crippen LogP) is 1.94. The molecule has 0 radical (unpaired) electrons. The first kappa shape index (κ1) is 17.4. The monoisotopic (exact) mass is 283 g/mol. The fraction of sp³-hybridized carbons (Fsp3) is 0.938. The average Bonchev–Trinajstić information content (AvgIpc) is 2.45. The van der Waals surface area contributed by atoms with Crippen LogP contribution in [0.3, 0.4) is 0 Å². The molecular weight excluding hydrogens is 250 g/mol. The summed E-state index contributed by atoms with van der Waals surface area (Å²) in [7, 11) is 1.97. The zero-order valence-corrected chi connectivity index (χ0v) is 13.8. The van der Waals surface area contributed by atoms with Crippen LogP contribution in [0.15, 0.2) is 0 Å². The maximum atomic E-state index is 12.4. The highest BCUT2D eigenvalue weighted by molar-refractivity contribution is 5.76. The normalized spacial score (nSPS) is 19.3. The van der Waals surface area contributed by atoms with Gasteiger partial charge in [-0.2, -0.15) is 0 Å². The van der Waals surface area contributed by atoms with Crippen LogP contribution in [0.1, 0.15) is 46.5 Å². The third-order valence-corrected chi connectivity index (χ3v) is 4.55. The fourth-order valence-electron chi connectivity index (χ4n) is 3.15. The van der Waals surface area contributed by atoms with Gasteiger partial charge >= 0.3 is 0 Å². The molecule has 2 N–H and O–H groups in total. The second-order valence-electron chi connectivity index (χ2n) is 6.61. The number of nitrogens with zero attached hydrogens (tertiary/aromatic N) is 2.